The molecule has 0 aromatic heterocycles. The monoisotopic (exact) mass is 626 g/mol. The number of ether oxygens (including phenoxy) is 1. The molecule has 1 rings (SSSR count). The molecule has 0 aliphatic carbocycles. The van der Waals surface area contributed by atoms with E-state index in [1.165, 1.54) is 0 Å². The Kier molecular flexibility index (Phi) is 14.2. The van der Waals surface area contributed by atoms with Gasteiger partial charge in [-0.1, -0.05) is 0 Å². The van der Waals surface area contributed by atoms with E-state index >= 15 is 0 Å². The van der Waals surface area contributed by atoms with Gasteiger partial charge in [0.15, 0.2) is 0 Å². The first-order chi connectivity index (χ1) is 16.6. The van der Waals surface area contributed by atoms with Gasteiger partial charge in [0.25, 0.3) is 0 Å². The van der Waals surface area contributed by atoms with Gasteiger partial charge in [-0.15, -0.1) is 0 Å². The minimum absolute atomic E-state index is 0.0311. The topological polar surface area (TPSA) is 123 Å². The number of rotatable bonds is 16. The molecule has 4 N–H and O–H groups in total. The molecule has 1 fully saturated rings. The Labute approximate surface area is 226 Å². The zero-order valence-electron chi connectivity index (χ0n) is 23.6. The second-order valence-electron chi connectivity index (χ2n) is 11.2. The summed E-state index contributed by atoms with van der Waals surface area (Å²) in [5.41, 5.74) is -1.58. The van der Waals surface area contributed by atoms with Crippen molar-refractivity contribution in [2.75, 3.05) is 26.7 Å². The van der Waals surface area contributed by atoms with Gasteiger partial charge in [-0.25, -0.2) is 0 Å². The molecule has 1 heterocycles. The first-order valence-electron chi connectivity index (χ1n) is 13.1. The van der Waals surface area contributed by atoms with Gasteiger partial charge in [0.1, 0.15) is 0 Å². The molecular weight excluding hydrogens is 575 g/mol. The number of alkyl halides is 2. The molecule has 2 unspecified atom stereocenters. The molecule has 212 valence electrons. The summed E-state index contributed by atoms with van der Waals surface area (Å²) in [6, 6.07) is 0. The Balaban J connectivity index is 2.83. The number of nitrogens with one attached hydrogen (secondary N) is 1. The van der Waals surface area contributed by atoms with E-state index in [0.29, 0.717) is 19.4 Å². The van der Waals surface area contributed by atoms with Crippen LogP contribution in [0.2, 0.25) is 0 Å². The number of halogens is 1. The second-order valence-corrected chi connectivity index (χ2v) is 17.5. The summed E-state index contributed by atoms with van der Waals surface area (Å²) in [6.07, 6.45) is 5.38. The van der Waals surface area contributed by atoms with Gasteiger partial charge in [0.05, 0.1) is 0 Å². The number of carbonyl (C=O) groups is 1. The normalized spacial score (nSPS) is 25.5. The molecule has 0 saturated carbocycles. The van der Waals surface area contributed by atoms with Gasteiger partial charge in [-0.2, -0.15) is 0 Å². The number of hydrogen-bond donors (Lipinski definition) is 4. The third kappa shape index (κ3) is 12.0. The fourth-order valence-electron chi connectivity index (χ4n) is 5.22. The number of Topliss-reactive ketones (excluding diaryl/α,β-unsaturated/α-hetero) is 1. The average molecular weight is 627 g/mol. The van der Waals surface area contributed by atoms with Crippen molar-refractivity contribution in [1.82, 2.24) is 4.90 Å². The van der Waals surface area contributed by atoms with Crippen LogP contribution in [0.15, 0.2) is 12.2 Å². The SMILES string of the molecule is CCC[C@@](C)(O)CN(C)C[C@H](C)C[C@@](C)(O)CC(C)I(O[C@H]1CC(=N)C(=O)C(C)O1)[C@@H](C)/C=C/CO. The predicted molar refractivity (Wildman–Crippen MR) is 154 cm³/mol. The third-order valence-corrected chi connectivity index (χ3v) is 12.4. The Hall–Kier alpha value is -0.430. The van der Waals surface area contributed by atoms with Crippen LogP contribution in [0.5, 0.6) is 0 Å². The number of carbonyl (C=O) groups excluding carboxylic acids is 1. The van der Waals surface area contributed by atoms with Crippen LogP contribution in [-0.2, 0) is 12.6 Å². The summed E-state index contributed by atoms with van der Waals surface area (Å²) in [5, 5.41) is 39.1. The molecule has 9 heteroatoms. The predicted octanol–water partition coefficient (Wildman–Crippen LogP) is 4.12. The van der Waals surface area contributed by atoms with Crippen LogP contribution < -0.4 is 0 Å². The number of hydrogen-bond acceptors (Lipinski definition) is 8. The van der Waals surface area contributed by atoms with Crippen LogP contribution in [-0.4, -0.2) is 89.9 Å². The van der Waals surface area contributed by atoms with Gasteiger partial charge < -0.3 is 0 Å². The summed E-state index contributed by atoms with van der Waals surface area (Å²) in [5.74, 6) is -0.0620. The van der Waals surface area contributed by atoms with Crippen molar-refractivity contribution in [1.29, 1.82) is 5.41 Å². The standard InChI is InChI=1S/C27H51IN2O6/c1-9-12-26(6,33)18-30(8)17-19(2)15-27(7,34)16-21(4)28(20(3)11-10-13-31)36-24-14-23(29)25(32)22(5)35-24/h10-11,19-22,24,29,31,33-34H,9,12-18H2,1-8H3/b11-10+,29-23?/t19-,20+,21?,22?,24+,26-,27-/m1/s1. The van der Waals surface area contributed by atoms with Crippen LogP contribution in [0.3, 0.4) is 0 Å². The van der Waals surface area contributed by atoms with E-state index in [9.17, 15) is 20.1 Å². The van der Waals surface area contributed by atoms with E-state index in [4.69, 9.17) is 13.2 Å². The van der Waals surface area contributed by atoms with E-state index < -0.39 is 43.8 Å². The van der Waals surface area contributed by atoms with Crippen molar-refractivity contribution < 1.29 is 27.9 Å². The summed E-state index contributed by atoms with van der Waals surface area (Å²) in [7, 11) is 2.01. The summed E-state index contributed by atoms with van der Waals surface area (Å²) in [6.45, 7) is 15.1. The zero-order valence-corrected chi connectivity index (χ0v) is 25.7. The third-order valence-electron chi connectivity index (χ3n) is 6.34. The van der Waals surface area contributed by atoms with Crippen molar-refractivity contribution in [2.24, 2.45) is 5.92 Å². The van der Waals surface area contributed by atoms with Gasteiger partial charge in [0.2, 0.25) is 0 Å². The van der Waals surface area contributed by atoms with Crippen LogP contribution in [0.1, 0.15) is 80.6 Å². The molecule has 8 nitrogen and oxygen atoms in total. The van der Waals surface area contributed by atoms with E-state index in [1.54, 1.807) is 13.0 Å². The Bertz CT molecular complexity index is 729. The molecule has 0 aromatic rings. The molecule has 1 aliphatic rings. The van der Waals surface area contributed by atoms with Crippen molar-refractivity contribution >= 4 is 31.7 Å². The molecule has 0 spiro atoms. The molecule has 0 radical (unpaired) electrons. The number of likely N-dealkylation sites (N-methyl/N-ethyl adjacent to an activating group) is 1. The van der Waals surface area contributed by atoms with E-state index in [2.05, 4.69) is 32.6 Å². The molecule has 0 aromatic carbocycles. The number of allylic oxidation sites excluding steroid dienone is 1. The fraction of sp³-hybridized carbons (Fsp3) is 0.852. The minimum atomic E-state index is -2.27. The zero-order chi connectivity index (χ0) is 27.7. The van der Waals surface area contributed by atoms with Crippen LogP contribution in [0.25, 0.3) is 0 Å². The Morgan fingerprint density at radius 1 is 1.25 bits per heavy atom. The molecule has 7 atom stereocenters. The Morgan fingerprint density at radius 2 is 1.89 bits per heavy atom. The second kappa shape index (κ2) is 15.2. The number of ketones is 1. The van der Waals surface area contributed by atoms with Gasteiger partial charge in [-0.05, 0) is 0 Å². The number of aliphatic hydroxyl groups excluding tert-OH is 1. The maximum absolute atomic E-state index is 12.0. The van der Waals surface area contributed by atoms with E-state index in [1.807, 2.05) is 27.0 Å². The molecule has 0 amide bonds. The van der Waals surface area contributed by atoms with Crippen molar-refractivity contribution in [3.05, 3.63) is 12.2 Å². The van der Waals surface area contributed by atoms with Gasteiger partial charge in [0, 0.05) is 0 Å². The fourth-order valence-corrected chi connectivity index (χ4v) is 11.2. The van der Waals surface area contributed by atoms with Gasteiger partial charge in [-0.3, -0.25) is 0 Å². The molecule has 1 aliphatic heterocycles. The van der Waals surface area contributed by atoms with Crippen LogP contribution >= 0.6 is 20.2 Å². The molecule has 36 heavy (non-hydrogen) atoms. The van der Waals surface area contributed by atoms with Crippen LogP contribution in [0, 0.1) is 11.3 Å². The van der Waals surface area contributed by atoms with E-state index in [0.717, 1.165) is 19.4 Å². The van der Waals surface area contributed by atoms with Crippen molar-refractivity contribution in [3.8, 4) is 0 Å². The molecule has 1 saturated heterocycles. The molecular formula is C27H51IN2O6. The number of aliphatic hydroxyl groups is 3. The Morgan fingerprint density at radius 3 is 2.44 bits per heavy atom. The van der Waals surface area contributed by atoms with Crippen molar-refractivity contribution in [3.63, 3.8) is 0 Å². The molecule has 0 bridgehead atoms. The van der Waals surface area contributed by atoms with Crippen molar-refractivity contribution in [2.45, 2.75) is 112 Å². The number of nitrogens with zero attached hydrogens (tertiary/aromatic N) is 1. The summed E-state index contributed by atoms with van der Waals surface area (Å²) < 4.78 is 12.4. The van der Waals surface area contributed by atoms with Gasteiger partial charge >= 0.3 is 227 Å². The first-order valence-corrected chi connectivity index (χ1v) is 16.5. The average Bonchev–Trinajstić information content (AvgIpc) is 2.72. The summed E-state index contributed by atoms with van der Waals surface area (Å²) >= 11 is -2.27. The van der Waals surface area contributed by atoms with E-state index in [-0.39, 0.29) is 38.3 Å². The summed E-state index contributed by atoms with van der Waals surface area (Å²) in [4.78, 5) is 14.1. The quantitative estimate of drug-likeness (QED) is 0.116. The first kappa shape index (κ1) is 33.6. The van der Waals surface area contributed by atoms with Crippen LogP contribution in [0.4, 0.5) is 0 Å². The maximum atomic E-state index is 12.0.